The van der Waals surface area contributed by atoms with E-state index in [1.54, 1.807) is 36.2 Å². The van der Waals surface area contributed by atoms with Crippen molar-refractivity contribution in [1.29, 1.82) is 0 Å². The first-order valence-corrected chi connectivity index (χ1v) is 14.8. The lowest BCUT2D eigenvalue weighted by atomic mass is 9.74. The summed E-state index contributed by atoms with van der Waals surface area (Å²) in [4.78, 5) is 40.7. The Morgan fingerprint density at radius 2 is 1.64 bits per heavy atom. The predicted octanol–water partition coefficient (Wildman–Crippen LogP) is 7.00. The number of carboxylic acids is 1. The molecule has 3 fully saturated rings. The number of aromatic nitrogens is 2. The molecule has 1 heterocycles. The zero-order valence-electron chi connectivity index (χ0n) is 22.7. The normalized spacial score (nSPS) is 24.5. The monoisotopic (exact) mass is 573 g/mol. The number of rotatable bonds is 8. The van der Waals surface area contributed by atoms with Gasteiger partial charge in [-0.15, -0.1) is 0 Å². The zero-order valence-corrected chi connectivity index (χ0v) is 24.2. The van der Waals surface area contributed by atoms with Crippen LogP contribution >= 0.6 is 23.2 Å². The van der Waals surface area contributed by atoms with E-state index in [4.69, 9.17) is 23.2 Å². The van der Waals surface area contributed by atoms with Crippen molar-refractivity contribution in [3.8, 4) is 0 Å². The number of carboxylic acid groups (broad SMARTS) is 1. The minimum absolute atomic E-state index is 0.0454. The Kier molecular flexibility index (Phi) is 7.86. The van der Waals surface area contributed by atoms with E-state index >= 15 is 0 Å². The molecular weight excluding hydrogens is 537 g/mol. The molecule has 2 aromatic rings. The third-order valence-electron chi connectivity index (χ3n) is 9.66. The van der Waals surface area contributed by atoms with Gasteiger partial charge in [-0.25, -0.2) is 0 Å². The molecule has 210 valence electrons. The number of hydrogen-bond acceptors (Lipinski definition) is 4. The maximum Gasteiger partial charge on any atom is 0.309 e. The molecule has 1 aromatic heterocycles. The Balaban J connectivity index is 1.35. The van der Waals surface area contributed by atoms with Crippen LogP contribution in [0.25, 0.3) is 0 Å². The van der Waals surface area contributed by atoms with E-state index < -0.39 is 11.4 Å². The van der Waals surface area contributed by atoms with Gasteiger partial charge in [-0.05, 0) is 102 Å². The average molecular weight is 575 g/mol. The molecule has 1 spiro atoms. The molecule has 5 rings (SSSR count). The summed E-state index contributed by atoms with van der Waals surface area (Å²) in [6, 6.07) is 5.01. The van der Waals surface area contributed by atoms with Gasteiger partial charge in [-0.1, -0.05) is 29.3 Å². The van der Waals surface area contributed by atoms with Gasteiger partial charge >= 0.3 is 5.97 Å². The number of Topliss-reactive ketones (excluding diaryl/α,β-unsaturated/α-hetero) is 1. The smallest absolute Gasteiger partial charge is 0.309 e. The van der Waals surface area contributed by atoms with Gasteiger partial charge in [-0.2, -0.15) is 5.10 Å². The van der Waals surface area contributed by atoms with Crippen LogP contribution in [0.3, 0.4) is 0 Å². The Hall–Kier alpha value is -2.38. The summed E-state index contributed by atoms with van der Waals surface area (Å²) in [7, 11) is 0. The van der Waals surface area contributed by atoms with E-state index in [1.165, 1.54) is 25.7 Å². The molecule has 7 nitrogen and oxygen atoms in total. The second kappa shape index (κ2) is 10.9. The fraction of sp³-hybridized carbons (Fsp3) is 0.600. The fourth-order valence-corrected chi connectivity index (χ4v) is 7.18. The highest BCUT2D eigenvalue weighted by Crippen LogP contribution is 2.57. The molecule has 9 heteroatoms. The molecule has 3 aliphatic rings. The van der Waals surface area contributed by atoms with Gasteiger partial charge in [0.1, 0.15) is 0 Å². The van der Waals surface area contributed by atoms with E-state index in [-0.39, 0.29) is 39.9 Å². The van der Waals surface area contributed by atoms with Crippen molar-refractivity contribution in [2.24, 2.45) is 16.7 Å². The average Bonchev–Trinajstić information content (AvgIpc) is 3.55. The van der Waals surface area contributed by atoms with E-state index in [0.717, 1.165) is 18.5 Å². The van der Waals surface area contributed by atoms with E-state index in [0.29, 0.717) is 49.1 Å². The van der Waals surface area contributed by atoms with Gasteiger partial charge < -0.3 is 10.0 Å². The molecule has 1 N–H and O–H groups in total. The molecule has 0 aliphatic heterocycles. The van der Waals surface area contributed by atoms with Crippen molar-refractivity contribution < 1.29 is 19.5 Å². The first-order valence-electron chi connectivity index (χ1n) is 14.1. The SMILES string of the molecule is Cc1c(C(=O)N(CC(=O)c2c(Cl)cccc2Cl)CC2CCC3(CC2)CC3)cnn1C1CCC(C)(C(=O)O)CC1. The molecule has 0 unspecified atom stereocenters. The van der Waals surface area contributed by atoms with Crippen molar-refractivity contribution in [3.05, 3.63) is 51.3 Å². The summed E-state index contributed by atoms with van der Waals surface area (Å²) in [5, 5.41) is 14.7. The van der Waals surface area contributed by atoms with Crippen LogP contribution in [0.4, 0.5) is 0 Å². The third kappa shape index (κ3) is 5.76. The summed E-state index contributed by atoms with van der Waals surface area (Å²) in [5.41, 5.74) is 1.30. The molecule has 0 atom stereocenters. The van der Waals surface area contributed by atoms with Gasteiger partial charge in [0.2, 0.25) is 0 Å². The quantitative estimate of drug-likeness (QED) is 0.343. The second-order valence-corrected chi connectivity index (χ2v) is 13.1. The van der Waals surface area contributed by atoms with Crippen LogP contribution < -0.4 is 0 Å². The minimum atomic E-state index is -0.761. The van der Waals surface area contributed by atoms with Crippen molar-refractivity contribution in [1.82, 2.24) is 14.7 Å². The van der Waals surface area contributed by atoms with Gasteiger partial charge in [-0.3, -0.25) is 19.1 Å². The number of halogens is 2. The summed E-state index contributed by atoms with van der Waals surface area (Å²) in [5.74, 6) is -0.910. The topological polar surface area (TPSA) is 92.5 Å². The van der Waals surface area contributed by atoms with Crippen molar-refractivity contribution in [2.75, 3.05) is 13.1 Å². The lowest BCUT2D eigenvalue weighted by Gasteiger charge is -2.34. The lowest BCUT2D eigenvalue weighted by molar-refractivity contribution is -0.150. The molecule has 39 heavy (non-hydrogen) atoms. The minimum Gasteiger partial charge on any atom is -0.481 e. The first-order chi connectivity index (χ1) is 18.5. The van der Waals surface area contributed by atoms with E-state index in [9.17, 15) is 19.5 Å². The molecule has 3 aliphatic carbocycles. The number of hydrogen-bond donors (Lipinski definition) is 1. The number of ketones is 1. The fourth-order valence-electron chi connectivity index (χ4n) is 6.57. The van der Waals surface area contributed by atoms with Crippen molar-refractivity contribution in [3.63, 3.8) is 0 Å². The summed E-state index contributed by atoms with van der Waals surface area (Å²) in [6.45, 7) is 4.09. The number of carbonyl (C=O) groups is 3. The number of nitrogens with zero attached hydrogens (tertiary/aromatic N) is 3. The number of carbonyl (C=O) groups excluding carboxylic acids is 2. The van der Waals surface area contributed by atoms with Crippen LogP contribution in [0.2, 0.25) is 10.0 Å². The van der Waals surface area contributed by atoms with Crippen LogP contribution in [0.5, 0.6) is 0 Å². The Labute approximate surface area is 239 Å². The number of amides is 1. The molecule has 1 amide bonds. The Bertz CT molecular complexity index is 1250. The molecule has 0 radical (unpaired) electrons. The van der Waals surface area contributed by atoms with Crippen molar-refractivity contribution in [2.45, 2.75) is 84.1 Å². The molecule has 3 saturated carbocycles. The second-order valence-electron chi connectivity index (χ2n) is 12.3. The Morgan fingerprint density at radius 3 is 2.21 bits per heavy atom. The molecule has 1 aromatic carbocycles. The van der Waals surface area contributed by atoms with Gasteiger partial charge in [0.25, 0.3) is 5.91 Å². The standard InChI is InChI=1S/C30H37Cl2N3O4/c1-19-22(16-33-35(19)21-8-10-29(2,11-9-21)28(38)39)27(37)34(17-20-6-12-30(13-7-20)14-15-30)18-25(36)26-23(31)4-3-5-24(26)32/h3-5,16,20-21H,6-15,17-18H2,1-2H3,(H,38,39). The van der Waals surface area contributed by atoms with Crippen LogP contribution in [0.15, 0.2) is 24.4 Å². The highest BCUT2D eigenvalue weighted by molar-refractivity contribution is 6.40. The zero-order chi connectivity index (χ0) is 27.9. The van der Waals surface area contributed by atoms with Gasteiger partial charge in [0.15, 0.2) is 5.78 Å². The van der Waals surface area contributed by atoms with Crippen molar-refractivity contribution >= 4 is 40.9 Å². The summed E-state index contributed by atoms with van der Waals surface area (Å²) >= 11 is 12.7. The third-order valence-corrected chi connectivity index (χ3v) is 10.3. The van der Waals surface area contributed by atoms with Gasteiger partial charge in [0.05, 0.1) is 45.4 Å². The first kappa shape index (κ1) is 28.2. The van der Waals surface area contributed by atoms with Crippen LogP contribution in [0, 0.1) is 23.7 Å². The number of aliphatic carboxylic acids is 1. The maximum absolute atomic E-state index is 14.0. The molecule has 0 bridgehead atoms. The highest BCUT2D eigenvalue weighted by atomic mass is 35.5. The highest BCUT2D eigenvalue weighted by Gasteiger charge is 2.45. The molecular formula is C30H37Cl2N3O4. The summed E-state index contributed by atoms with van der Waals surface area (Å²) in [6.07, 6.45) is 11.3. The largest absolute Gasteiger partial charge is 0.481 e. The molecule has 0 saturated heterocycles. The maximum atomic E-state index is 14.0. The van der Waals surface area contributed by atoms with E-state index in [2.05, 4.69) is 5.10 Å². The van der Waals surface area contributed by atoms with Crippen LogP contribution in [0.1, 0.15) is 104 Å². The predicted molar refractivity (Wildman–Crippen MR) is 151 cm³/mol. The summed E-state index contributed by atoms with van der Waals surface area (Å²) < 4.78 is 1.87. The van der Waals surface area contributed by atoms with Crippen LogP contribution in [-0.2, 0) is 4.79 Å². The van der Waals surface area contributed by atoms with E-state index in [1.807, 2.05) is 11.6 Å². The lowest BCUT2D eigenvalue weighted by Crippen LogP contribution is -2.40. The van der Waals surface area contributed by atoms with Crippen LogP contribution in [-0.4, -0.2) is 50.5 Å². The van der Waals surface area contributed by atoms with Gasteiger partial charge in [0, 0.05) is 12.2 Å². The number of benzene rings is 1. The Morgan fingerprint density at radius 1 is 1.03 bits per heavy atom.